The van der Waals surface area contributed by atoms with Crippen LogP contribution in [0.1, 0.15) is 30.5 Å². The first-order valence-electron chi connectivity index (χ1n) is 9.44. The molecule has 3 N–H and O–H groups in total. The van der Waals surface area contributed by atoms with Crippen molar-refractivity contribution in [3.05, 3.63) is 70.9 Å². The third kappa shape index (κ3) is 4.16. The number of carboxylic acid groups (broad SMARTS) is 1. The monoisotopic (exact) mass is 416 g/mol. The van der Waals surface area contributed by atoms with E-state index in [1.807, 2.05) is 18.2 Å². The molecule has 1 aliphatic heterocycles. The van der Waals surface area contributed by atoms with Gasteiger partial charge in [-0.05, 0) is 49.2 Å². The van der Waals surface area contributed by atoms with Crippen LogP contribution in [-0.2, 0) is 9.59 Å². The number of aliphatic carboxylic acids is 1. The summed E-state index contributed by atoms with van der Waals surface area (Å²) < 4.78 is 0. The summed E-state index contributed by atoms with van der Waals surface area (Å²) in [5, 5.41) is 36.5. The number of hydrogen-bond acceptors (Lipinski definition) is 6. The number of allylic oxidation sites excluding steroid dienone is 1. The van der Waals surface area contributed by atoms with Crippen molar-refractivity contribution in [2.24, 2.45) is 5.10 Å². The van der Waals surface area contributed by atoms with E-state index < -0.39 is 18.4 Å². The third-order valence-electron chi connectivity index (χ3n) is 4.68. The molecular formula is C23H20N4O4. The van der Waals surface area contributed by atoms with Crippen molar-refractivity contribution >= 4 is 29.5 Å². The van der Waals surface area contributed by atoms with Gasteiger partial charge in [0, 0.05) is 17.3 Å². The minimum atomic E-state index is -1.20. The number of nitriles is 1. The zero-order valence-corrected chi connectivity index (χ0v) is 17.0. The normalized spacial score (nSPS) is 14.5. The molecule has 8 nitrogen and oxygen atoms in total. The highest BCUT2D eigenvalue weighted by molar-refractivity contribution is 6.04. The van der Waals surface area contributed by atoms with Gasteiger partial charge in [-0.1, -0.05) is 24.3 Å². The number of aliphatic hydroxyl groups excluding tert-OH is 1. The fraction of sp³-hybridized carbons (Fsp3) is 0.130. The van der Waals surface area contributed by atoms with E-state index in [1.165, 1.54) is 11.2 Å². The van der Waals surface area contributed by atoms with E-state index in [4.69, 9.17) is 10.4 Å². The zero-order chi connectivity index (χ0) is 22.5. The summed E-state index contributed by atoms with van der Waals surface area (Å²) in [6, 6.07) is 14.6. The molecule has 0 saturated heterocycles. The summed E-state index contributed by atoms with van der Waals surface area (Å²) in [6.45, 7) is 2.86. The topological polar surface area (TPSA) is 126 Å². The second kappa shape index (κ2) is 8.97. The molecule has 1 amide bonds. The summed E-state index contributed by atoms with van der Waals surface area (Å²) in [5.74, 6) is -2.26. The summed E-state index contributed by atoms with van der Waals surface area (Å²) in [5.41, 5.74) is 3.77. The van der Waals surface area contributed by atoms with Gasteiger partial charge in [-0.3, -0.25) is 9.59 Å². The minimum Gasteiger partial charge on any atom is -0.505 e. The second-order valence-electron chi connectivity index (χ2n) is 6.58. The number of carboxylic acids is 1. The molecule has 0 fully saturated rings. The van der Waals surface area contributed by atoms with Crippen molar-refractivity contribution in [3.63, 3.8) is 0 Å². The Balaban J connectivity index is 2.14. The number of rotatable bonds is 5. The van der Waals surface area contributed by atoms with Gasteiger partial charge in [-0.15, -0.1) is 0 Å². The first-order chi connectivity index (χ1) is 14.9. The van der Waals surface area contributed by atoms with Crippen LogP contribution in [0.3, 0.4) is 0 Å². The van der Waals surface area contributed by atoms with Gasteiger partial charge in [0.25, 0.3) is 5.91 Å². The summed E-state index contributed by atoms with van der Waals surface area (Å²) >= 11 is 0. The number of carbonyl (C=O) groups is 2. The van der Waals surface area contributed by atoms with Crippen molar-refractivity contribution in [2.75, 3.05) is 6.54 Å². The molecule has 0 atom stereocenters. The van der Waals surface area contributed by atoms with Crippen LogP contribution in [0.25, 0.3) is 22.6 Å². The first kappa shape index (κ1) is 21.3. The standard InChI is InChI=1S/C23H20N4O4/c1-3-19-18-11-16(15-7-5-14(12-24)6-8-15)9-10-17(18)22(30)21(27(19)26-4-2)23(31)25-13-20(28)29/h3-11,30H,13H2,1-2H3,(H,25,31)(H,28,29)/b19-3+,26-4-. The highest BCUT2D eigenvalue weighted by atomic mass is 16.4. The Morgan fingerprint density at radius 3 is 2.39 bits per heavy atom. The van der Waals surface area contributed by atoms with Crippen LogP contribution >= 0.6 is 0 Å². The molecule has 0 aliphatic carbocycles. The molecule has 0 saturated carbocycles. The number of carbonyl (C=O) groups excluding carboxylic acids is 1. The van der Waals surface area contributed by atoms with Crippen molar-refractivity contribution in [1.29, 1.82) is 5.26 Å². The molecule has 156 valence electrons. The molecule has 1 heterocycles. The fourth-order valence-electron chi connectivity index (χ4n) is 3.30. The summed E-state index contributed by atoms with van der Waals surface area (Å²) in [6.07, 6.45) is 3.22. The van der Waals surface area contributed by atoms with Gasteiger partial charge in [0.15, 0.2) is 11.5 Å². The maximum Gasteiger partial charge on any atom is 0.322 e. The van der Waals surface area contributed by atoms with Gasteiger partial charge in [0.05, 0.1) is 17.3 Å². The lowest BCUT2D eigenvalue weighted by Crippen LogP contribution is -2.37. The van der Waals surface area contributed by atoms with Crippen LogP contribution < -0.4 is 5.32 Å². The first-order valence-corrected chi connectivity index (χ1v) is 9.44. The van der Waals surface area contributed by atoms with Gasteiger partial charge < -0.3 is 15.5 Å². The van der Waals surface area contributed by atoms with Crippen LogP contribution in [0, 0.1) is 11.3 Å². The number of hydrazone groups is 1. The molecule has 2 aromatic rings. The van der Waals surface area contributed by atoms with Crippen LogP contribution in [-0.4, -0.2) is 39.9 Å². The largest absolute Gasteiger partial charge is 0.505 e. The lowest BCUT2D eigenvalue weighted by atomic mass is 9.92. The van der Waals surface area contributed by atoms with E-state index in [0.717, 1.165) is 11.1 Å². The number of nitrogens with one attached hydrogen (secondary N) is 1. The van der Waals surface area contributed by atoms with E-state index >= 15 is 0 Å². The van der Waals surface area contributed by atoms with E-state index in [1.54, 1.807) is 44.2 Å². The molecule has 2 aromatic carbocycles. The van der Waals surface area contributed by atoms with Gasteiger partial charge >= 0.3 is 5.97 Å². The number of fused-ring (bicyclic) bond motifs is 1. The van der Waals surface area contributed by atoms with Gasteiger partial charge in [0.1, 0.15) is 6.54 Å². The molecule has 3 rings (SSSR count). The SMILES string of the molecule is C/C=N\N1C(C(=O)NCC(=O)O)=C(O)c2ccc(-c3ccc(C#N)cc3)cc2/C1=C\C. The molecule has 1 aliphatic rings. The Bertz CT molecular complexity index is 1170. The number of nitrogens with zero attached hydrogens (tertiary/aromatic N) is 3. The Labute approximate surface area is 179 Å². The van der Waals surface area contributed by atoms with Crippen LogP contribution in [0.2, 0.25) is 0 Å². The van der Waals surface area contributed by atoms with E-state index in [2.05, 4.69) is 16.5 Å². The van der Waals surface area contributed by atoms with Gasteiger partial charge in [-0.2, -0.15) is 10.4 Å². The molecule has 0 aromatic heterocycles. The molecule has 31 heavy (non-hydrogen) atoms. The molecule has 0 bridgehead atoms. The summed E-state index contributed by atoms with van der Waals surface area (Å²) in [4.78, 5) is 23.5. The molecule has 0 radical (unpaired) electrons. The zero-order valence-electron chi connectivity index (χ0n) is 17.0. The average molecular weight is 416 g/mol. The Hall–Kier alpha value is -4.38. The van der Waals surface area contributed by atoms with Gasteiger partial charge in [0.2, 0.25) is 0 Å². The molecular weight excluding hydrogens is 396 g/mol. The van der Waals surface area contributed by atoms with Crippen LogP contribution in [0.15, 0.2) is 59.3 Å². The quantitative estimate of drug-likeness (QED) is 0.642. The summed E-state index contributed by atoms with van der Waals surface area (Å²) in [7, 11) is 0. The Morgan fingerprint density at radius 1 is 1.13 bits per heavy atom. The van der Waals surface area contributed by atoms with Gasteiger partial charge in [-0.25, -0.2) is 5.01 Å². The lowest BCUT2D eigenvalue weighted by Gasteiger charge is -2.31. The Kier molecular flexibility index (Phi) is 6.17. The number of benzene rings is 2. The smallest absolute Gasteiger partial charge is 0.322 e. The highest BCUT2D eigenvalue weighted by Gasteiger charge is 2.33. The predicted octanol–water partition coefficient (Wildman–Crippen LogP) is 3.33. The molecule has 8 heteroatoms. The van der Waals surface area contributed by atoms with E-state index in [9.17, 15) is 14.7 Å². The maximum absolute atomic E-state index is 12.7. The van der Waals surface area contributed by atoms with Crippen LogP contribution in [0.4, 0.5) is 0 Å². The van der Waals surface area contributed by atoms with Crippen molar-refractivity contribution in [2.45, 2.75) is 13.8 Å². The maximum atomic E-state index is 12.7. The third-order valence-corrected chi connectivity index (χ3v) is 4.68. The van der Waals surface area contributed by atoms with E-state index in [0.29, 0.717) is 22.4 Å². The molecule has 0 spiro atoms. The number of amides is 1. The average Bonchev–Trinajstić information content (AvgIpc) is 2.78. The minimum absolute atomic E-state index is 0.161. The predicted molar refractivity (Wildman–Crippen MR) is 116 cm³/mol. The Morgan fingerprint density at radius 2 is 1.81 bits per heavy atom. The fourth-order valence-corrected chi connectivity index (χ4v) is 3.30. The second-order valence-corrected chi connectivity index (χ2v) is 6.58. The lowest BCUT2D eigenvalue weighted by molar-refractivity contribution is -0.137. The number of hydrogen-bond donors (Lipinski definition) is 3. The van der Waals surface area contributed by atoms with Crippen molar-refractivity contribution in [1.82, 2.24) is 10.3 Å². The van der Waals surface area contributed by atoms with Crippen molar-refractivity contribution in [3.8, 4) is 17.2 Å². The van der Waals surface area contributed by atoms with Crippen LogP contribution in [0.5, 0.6) is 0 Å². The highest BCUT2D eigenvalue weighted by Crippen LogP contribution is 2.39. The van der Waals surface area contributed by atoms with E-state index in [-0.39, 0.29) is 11.5 Å². The molecule has 0 unspecified atom stereocenters. The van der Waals surface area contributed by atoms with Crippen molar-refractivity contribution < 1.29 is 19.8 Å². The number of aliphatic hydroxyl groups is 1.